The van der Waals surface area contributed by atoms with Gasteiger partial charge in [-0.3, -0.25) is 9.59 Å². The summed E-state index contributed by atoms with van der Waals surface area (Å²) in [4.78, 5) is 24.4. The van der Waals surface area contributed by atoms with Gasteiger partial charge in [-0.15, -0.1) is 0 Å². The Hall–Kier alpha value is -3.12. The van der Waals surface area contributed by atoms with Gasteiger partial charge in [-0.05, 0) is 48.7 Å². The van der Waals surface area contributed by atoms with Crippen LogP contribution in [0.2, 0.25) is 0 Å². The van der Waals surface area contributed by atoms with E-state index in [1.54, 1.807) is 42.5 Å². The third-order valence-corrected chi connectivity index (χ3v) is 4.56. The summed E-state index contributed by atoms with van der Waals surface area (Å²) in [6.07, 6.45) is 3.80. The van der Waals surface area contributed by atoms with Crippen molar-refractivity contribution in [3.05, 3.63) is 65.4 Å². The normalized spacial score (nSPS) is 19.9. The maximum atomic E-state index is 12.2. The Morgan fingerprint density at radius 2 is 2.00 bits per heavy atom. The number of carbonyl (C=O) groups is 2. The molecular weight excluding hydrogens is 344 g/mol. The smallest absolute Gasteiger partial charge is 0.291 e. The van der Waals surface area contributed by atoms with Crippen LogP contribution in [0.15, 0.2) is 54.3 Å². The van der Waals surface area contributed by atoms with Crippen LogP contribution >= 0.6 is 0 Å². The molecule has 6 heteroatoms. The second-order valence-corrected chi connectivity index (χ2v) is 6.53. The molecule has 2 aromatic rings. The highest BCUT2D eigenvalue weighted by Crippen LogP contribution is 2.30. The summed E-state index contributed by atoms with van der Waals surface area (Å²) in [7, 11) is 0. The summed E-state index contributed by atoms with van der Waals surface area (Å²) in [5.41, 5.74) is 1.99. The van der Waals surface area contributed by atoms with Gasteiger partial charge in [0.15, 0.2) is 11.5 Å². The third kappa shape index (κ3) is 4.01. The van der Waals surface area contributed by atoms with Crippen LogP contribution in [-0.4, -0.2) is 31.1 Å². The number of carbonyl (C=O) groups excluding carboxylic acids is 2. The molecule has 0 bridgehead atoms. The standard InChI is InChI=1S/C21H20N2O4/c24-20(22-13-16-4-3-11-26-16)15-9-7-14(8-10-15)12-19-21(25)23-17-5-1-2-6-18(17)27-19/h1-2,5-10,12,16H,3-4,11,13H2,(H,22,24)(H,23,25)/b19-12-. The monoisotopic (exact) mass is 364 g/mol. The maximum Gasteiger partial charge on any atom is 0.291 e. The van der Waals surface area contributed by atoms with Crippen molar-refractivity contribution in [2.75, 3.05) is 18.5 Å². The third-order valence-electron chi connectivity index (χ3n) is 4.56. The second-order valence-electron chi connectivity index (χ2n) is 6.53. The van der Waals surface area contributed by atoms with Gasteiger partial charge in [0.05, 0.1) is 11.8 Å². The number of anilines is 1. The van der Waals surface area contributed by atoms with Crippen LogP contribution in [0.1, 0.15) is 28.8 Å². The van der Waals surface area contributed by atoms with E-state index in [0.29, 0.717) is 23.5 Å². The van der Waals surface area contributed by atoms with Crippen molar-refractivity contribution < 1.29 is 19.1 Å². The van der Waals surface area contributed by atoms with Gasteiger partial charge < -0.3 is 20.1 Å². The zero-order chi connectivity index (χ0) is 18.6. The summed E-state index contributed by atoms with van der Waals surface area (Å²) >= 11 is 0. The summed E-state index contributed by atoms with van der Waals surface area (Å²) in [6, 6.07) is 14.3. The lowest BCUT2D eigenvalue weighted by Crippen LogP contribution is -2.31. The van der Waals surface area contributed by atoms with Crippen molar-refractivity contribution in [3.8, 4) is 5.75 Å². The minimum absolute atomic E-state index is 0.114. The van der Waals surface area contributed by atoms with Crippen molar-refractivity contribution in [1.82, 2.24) is 5.32 Å². The molecular formula is C21H20N2O4. The Kier molecular flexibility index (Phi) is 4.89. The fraction of sp³-hybridized carbons (Fsp3) is 0.238. The minimum atomic E-state index is -0.299. The van der Waals surface area contributed by atoms with Gasteiger partial charge in [0.2, 0.25) is 0 Å². The molecule has 2 aromatic carbocycles. The molecule has 2 amide bonds. The Morgan fingerprint density at radius 3 is 2.78 bits per heavy atom. The highest BCUT2D eigenvalue weighted by Gasteiger charge is 2.21. The Balaban J connectivity index is 1.42. The molecule has 0 radical (unpaired) electrons. The van der Waals surface area contributed by atoms with Crippen LogP contribution in [-0.2, 0) is 9.53 Å². The van der Waals surface area contributed by atoms with Crippen molar-refractivity contribution in [2.45, 2.75) is 18.9 Å². The Labute approximate surface area is 157 Å². The summed E-state index contributed by atoms with van der Waals surface area (Å²) in [6.45, 7) is 1.29. The van der Waals surface area contributed by atoms with Gasteiger partial charge in [-0.2, -0.15) is 0 Å². The zero-order valence-electron chi connectivity index (χ0n) is 14.7. The largest absolute Gasteiger partial charge is 0.449 e. The lowest BCUT2D eigenvalue weighted by molar-refractivity contribution is -0.115. The van der Waals surface area contributed by atoms with E-state index in [1.165, 1.54) is 0 Å². The molecule has 0 saturated carbocycles. The molecule has 0 aromatic heterocycles. The summed E-state index contributed by atoms with van der Waals surface area (Å²) in [5.74, 6) is 0.384. The number of benzene rings is 2. The molecule has 0 aliphatic carbocycles. The molecule has 138 valence electrons. The number of ether oxygens (including phenoxy) is 2. The number of para-hydroxylation sites is 2. The molecule has 6 nitrogen and oxygen atoms in total. The van der Waals surface area contributed by atoms with Gasteiger partial charge in [0, 0.05) is 18.7 Å². The number of rotatable bonds is 4. The van der Waals surface area contributed by atoms with Crippen molar-refractivity contribution in [3.63, 3.8) is 0 Å². The maximum absolute atomic E-state index is 12.2. The van der Waals surface area contributed by atoms with E-state index >= 15 is 0 Å². The van der Waals surface area contributed by atoms with Gasteiger partial charge >= 0.3 is 0 Å². The van der Waals surface area contributed by atoms with E-state index in [0.717, 1.165) is 25.0 Å². The molecule has 27 heavy (non-hydrogen) atoms. The molecule has 1 saturated heterocycles. The second kappa shape index (κ2) is 7.63. The molecule has 4 rings (SSSR count). The summed E-state index contributed by atoms with van der Waals surface area (Å²) in [5, 5.41) is 5.69. The van der Waals surface area contributed by atoms with Crippen LogP contribution < -0.4 is 15.4 Å². The lowest BCUT2D eigenvalue weighted by atomic mass is 10.1. The number of amides is 2. The number of nitrogens with one attached hydrogen (secondary N) is 2. The predicted molar refractivity (Wildman–Crippen MR) is 101 cm³/mol. The molecule has 1 unspecified atom stereocenters. The lowest BCUT2D eigenvalue weighted by Gasteiger charge is -2.19. The van der Waals surface area contributed by atoms with Gasteiger partial charge in [-0.1, -0.05) is 24.3 Å². The zero-order valence-corrected chi connectivity index (χ0v) is 14.7. The molecule has 1 fully saturated rings. The van der Waals surface area contributed by atoms with Crippen LogP contribution in [0.4, 0.5) is 5.69 Å². The summed E-state index contributed by atoms with van der Waals surface area (Å²) < 4.78 is 11.2. The minimum Gasteiger partial charge on any atom is -0.449 e. The quantitative estimate of drug-likeness (QED) is 0.818. The van der Waals surface area contributed by atoms with Crippen LogP contribution in [0.25, 0.3) is 6.08 Å². The molecule has 0 spiro atoms. The first-order chi connectivity index (χ1) is 13.2. The SMILES string of the molecule is O=C1Nc2ccccc2O/C1=C\c1ccc(C(=O)NCC2CCCO2)cc1. The van der Waals surface area contributed by atoms with E-state index in [1.807, 2.05) is 12.1 Å². The first-order valence-corrected chi connectivity index (χ1v) is 8.99. The van der Waals surface area contributed by atoms with E-state index in [4.69, 9.17) is 9.47 Å². The fourth-order valence-corrected chi connectivity index (χ4v) is 3.10. The van der Waals surface area contributed by atoms with Gasteiger partial charge in [0.1, 0.15) is 0 Å². The molecule has 2 heterocycles. The molecule has 2 N–H and O–H groups in total. The Bertz CT molecular complexity index is 883. The van der Waals surface area contributed by atoms with Crippen molar-refractivity contribution in [2.24, 2.45) is 0 Å². The first kappa shape index (κ1) is 17.3. The average Bonchev–Trinajstić information content (AvgIpc) is 3.21. The van der Waals surface area contributed by atoms with E-state index in [-0.39, 0.29) is 23.7 Å². The number of hydrogen-bond donors (Lipinski definition) is 2. The Morgan fingerprint density at radius 1 is 1.19 bits per heavy atom. The van der Waals surface area contributed by atoms with Gasteiger partial charge in [0.25, 0.3) is 11.8 Å². The highest BCUT2D eigenvalue weighted by molar-refractivity contribution is 6.08. The topological polar surface area (TPSA) is 76.7 Å². The van der Waals surface area contributed by atoms with E-state index in [2.05, 4.69) is 10.6 Å². The first-order valence-electron chi connectivity index (χ1n) is 8.99. The molecule has 2 aliphatic heterocycles. The van der Waals surface area contributed by atoms with Crippen LogP contribution in [0.5, 0.6) is 5.75 Å². The number of hydrogen-bond acceptors (Lipinski definition) is 4. The van der Waals surface area contributed by atoms with Crippen LogP contribution in [0, 0.1) is 0 Å². The molecule has 1 atom stereocenters. The predicted octanol–water partition coefficient (Wildman–Crippen LogP) is 2.97. The van der Waals surface area contributed by atoms with Crippen molar-refractivity contribution in [1.29, 1.82) is 0 Å². The van der Waals surface area contributed by atoms with Crippen molar-refractivity contribution >= 4 is 23.6 Å². The van der Waals surface area contributed by atoms with Gasteiger partial charge in [-0.25, -0.2) is 0 Å². The van der Waals surface area contributed by atoms with E-state index in [9.17, 15) is 9.59 Å². The average molecular weight is 364 g/mol. The number of fused-ring (bicyclic) bond motifs is 1. The fourth-order valence-electron chi connectivity index (χ4n) is 3.10. The van der Waals surface area contributed by atoms with E-state index < -0.39 is 0 Å². The van der Waals surface area contributed by atoms with Crippen LogP contribution in [0.3, 0.4) is 0 Å². The molecule has 2 aliphatic rings. The highest BCUT2D eigenvalue weighted by atomic mass is 16.5.